The summed E-state index contributed by atoms with van der Waals surface area (Å²) in [6.45, 7) is 1.19. The minimum Gasteiger partial charge on any atom is -0.474 e. The summed E-state index contributed by atoms with van der Waals surface area (Å²) in [7, 11) is 1.41. The summed E-state index contributed by atoms with van der Waals surface area (Å²) in [4.78, 5) is 31.4. The quantitative estimate of drug-likeness (QED) is 0.504. The molecule has 2 aromatic rings. The monoisotopic (exact) mass is 527 g/mol. The van der Waals surface area contributed by atoms with Gasteiger partial charge in [-0.1, -0.05) is 0 Å². The number of halogens is 2. The number of cyclic esters (lactones) is 1. The molecule has 1 aromatic heterocycles. The van der Waals surface area contributed by atoms with E-state index in [0.29, 0.717) is 5.13 Å². The highest BCUT2D eigenvalue weighted by Gasteiger charge is 2.34. The predicted octanol–water partition coefficient (Wildman–Crippen LogP) is 2.13. The Balaban J connectivity index is 1.41. The number of benzene rings is 1. The van der Waals surface area contributed by atoms with Crippen molar-refractivity contribution >= 4 is 57.4 Å². The summed E-state index contributed by atoms with van der Waals surface area (Å²) in [6.07, 6.45) is 0.287. The minimum atomic E-state index is -0.823. The molecule has 188 valence electrons. The largest absolute Gasteiger partial charge is 0.474 e. The van der Waals surface area contributed by atoms with Gasteiger partial charge in [0.2, 0.25) is 0 Å². The van der Waals surface area contributed by atoms with Gasteiger partial charge in [0.15, 0.2) is 16.8 Å². The predicted molar refractivity (Wildman–Crippen MR) is 130 cm³/mol. The van der Waals surface area contributed by atoms with Crippen molar-refractivity contribution < 1.29 is 27.8 Å². The van der Waals surface area contributed by atoms with Gasteiger partial charge < -0.3 is 19.7 Å². The second-order valence-corrected chi connectivity index (χ2v) is 8.83. The van der Waals surface area contributed by atoms with E-state index in [-0.39, 0.29) is 55.8 Å². The molecule has 0 spiro atoms. The number of hydrogen-bond acceptors (Lipinski definition) is 9. The van der Waals surface area contributed by atoms with E-state index in [0.717, 1.165) is 17.0 Å². The van der Waals surface area contributed by atoms with E-state index in [4.69, 9.17) is 21.7 Å². The third-order valence-electron chi connectivity index (χ3n) is 5.33. The average molecular weight is 528 g/mol. The molecule has 0 unspecified atom stereocenters. The minimum absolute atomic E-state index is 0.0444. The highest BCUT2D eigenvalue weighted by molar-refractivity contribution is 7.80. The van der Waals surface area contributed by atoms with E-state index < -0.39 is 29.9 Å². The number of methoxy groups -OCH3 is 1. The third kappa shape index (κ3) is 5.86. The van der Waals surface area contributed by atoms with Crippen molar-refractivity contribution in [2.24, 2.45) is 0 Å². The third-order valence-corrected chi connectivity index (χ3v) is 6.33. The Kier molecular flexibility index (Phi) is 7.77. The van der Waals surface area contributed by atoms with Gasteiger partial charge in [-0.25, -0.2) is 28.8 Å². The van der Waals surface area contributed by atoms with Gasteiger partial charge in [0.1, 0.15) is 11.8 Å². The van der Waals surface area contributed by atoms with Crippen molar-refractivity contribution in [3.05, 3.63) is 35.3 Å². The van der Waals surface area contributed by atoms with Gasteiger partial charge in [-0.15, -0.1) is 11.3 Å². The van der Waals surface area contributed by atoms with Crippen LogP contribution in [0.4, 0.5) is 34.9 Å². The van der Waals surface area contributed by atoms with Crippen LogP contribution in [0.1, 0.15) is 0 Å². The van der Waals surface area contributed by atoms with Crippen LogP contribution in [0, 0.1) is 11.6 Å². The molecule has 0 saturated carbocycles. The van der Waals surface area contributed by atoms with Gasteiger partial charge >= 0.3 is 12.1 Å². The molecule has 3 amide bonds. The van der Waals surface area contributed by atoms with E-state index in [2.05, 4.69) is 21.0 Å². The Morgan fingerprint density at radius 2 is 2.11 bits per heavy atom. The Hall–Kier alpha value is -3.30. The molecular formula is C20H23F2N7O4S2. The van der Waals surface area contributed by atoms with E-state index in [1.165, 1.54) is 28.4 Å². The topological polar surface area (TPSA) is 111 Å². The Labute approximate surface area is 208 Å². The molecule has 0 radical (unpaired) electrons. The number of carbonyl (C=O) groups is 2. The van der Waals surface area contributed by atoms with Crippen LogP contribution >= 0.6 is 23.6 Å². The Morgan fingerprint density at radius 1 is 1.34 bits per heavy atom. The van der Waals surface area contributed by atoms with E-state index in [1.807, 2.05) is 0 Å². The van der Waals surface area contributed by atoms with Crippen LogP contribution in [-0.4, -0.2) is 79.8 Å². The Bertz CT molecular complexity index is 1070. The lowest BCUT2D eigenvalue weighted by molar-refractivity contribution is 0.142. The molecule has 2 saturated heterocycles. The normalized spacial score (nSPS) is 18.2. The highest BCUT2D eigenvalue weighted by atomic mass is 32.1. The van der Waals surface area contributed by atoms with Crippen molar-refractivity contribution in [2.45, 2.75) is 6.10 Å². The SMILES string of the molecule is COC(=S)NC[C@H]1CN(c2cc(F)c(N3CCNN(C(=O)Nc4nccs4)CC3)c(F)c2)C(=O)O1. The number of aromatic nitrogens is 1. The first-order valence-electron chi connectivity index (χ1n) is 10.6. The summed E-state index contributed by atoms with van der Waals surface area (Å²) < 4.78 is 40.2. The average Bonchev–Trinajstić information content (AvgIpc) is 3.40. The lowest BCUT2D eigenvalue weighted by Crippen LogP contribution is -2.46. The smallest absolute Gasteiger partial charge is 0.414 e. The van der Waals surface area contributed by atoms with E-state index >= 15 is 8.78 Å². The number of nitrogens with zero attached hydrogens (tertiary/aromatic N) is 4. The first-order valence-corrected chi connectivity index (χ1v) is 11.9. The molecule has 35 heavy (non-hydrogen) atoms. The highest BCUT2D eigenvalue weighted by Crippen LogP contribution is 2.31. The summed E-state index contributed by atoms with van der Waals surface area (Å²) in [5.74, 6) is -1.65. The molecule has 2 aliphatic heterocycles. The van der Waals surface area contributed by atoms with Gasteiger partial charge in [0, 0.05) is 43.3 Å². The number of hydrazine groups is 1. The van der Waals surface area contributed by atoms with Gasteiger partial charge in [-0.05, 0) is 12.2 Å². The van der Waals surface area contributed by atoms with Crippen LogP contribution in [0.2, 0.25) is 0 Å². The molecule has 2 aliphatic rings. The van der Waals surface area contributed by atoms with Gasteiger partial charge in [-0.3, -0.25) is 15.2 Å². The molecule has 11 nitrogen and oxygen atoms in total. The van der Waals surface area contributed by atoms with Crippen molar-refractivity contribution in [3.8, 4) is 0 Å². The fourth-order valence-electron chi connectivity index (χ4n) is 3.69. The number of ether oxygens (including phenoxy) is 2. The van der Waals surface area contributed by atoms with Crippen LogP contribution in [0.5, 0.6) is 0 Å². The zero-order valence-corrected chi connectivity index (χ0v) is 20.3. The zero-order valence-electron chi connectivity index (χ0n) is 18.6. The molecule has 2 fully saturated rings. The summed E-state index contributed by atoms with van der Waals surface area (Å²) in [5, 5.41) is 9.11. The van der Waals surface area contributed by atoms with Crippen molar-refractivity contribution in [1.82, 2.24) is 20.7 Å². The maximum absolute atomic E-state index is 15.1. The number of thiazole rings is 1. The number of nitrogens with one attached hydrogen (secondary N) is 3. The maximum Gasteiger partial charge on any atom is 0.414 e. The lowest BCUT2D eigenvalue weighted by Gasteiger charge is -2.25. The van der Waals surface area contributed by atoms with Crippen LogP contribution in [0.15, 0.2) is 23.7 Å². The molecule has 1 aromatic carbocycles. The van der Waals surface area contributed by atoms with Crippen LogP contribution in [0.3, 0.4) is 0 Å². The van der Waals surface area contributed by atoms with Crippen molar-refractivity contribution in [1.29, 1.82) is 0 Å². The molecule has 0 aliphatic carbocycles. The number of rotatable bonds is 5. The second-order valence-electron chi connectivity index (χ2n) is 7.56. The molecule has 4 rings (SSSR count). The fraction of sp³-hybridized carbons (Fsp3) is 0.400. The first kappa shape index (κ1) is 24.8. The molecule has 3 N–H and O–H groups in total. The molecule has 0 bridgehead atoms. The number of amides is 3. The Morgan fingerprint density at radius 3 is 2.80 bits per heavy atom. The number of carbonyl (C=O) groups excluding carboxylic acids is 2. The molecular weight excluding hydrogens is 504 g/mol. The summed E-state index contributed by atoms with van der Waals surface area (Å²) in [6, 6.07) is 1.78. The number of anilines is 3. The van der Waals surface area contributed by atoms with E-state index in [1.54, 1.807) is 11.6 Å². The van der Waals surface area contributed by atoms with Gasteiger partial charge in [-0.2, -0.15) is 0 Å². The van der Waals surface area contributed by atoms with Crippen LogP contribution in [0.25, 0.3) is 0 Å². The van der Waals surface area contributed by atoms with Gasteiger partial charge in [0.25, 0.3) is 5.17 Å². The summed E-state index contributed by atoms with van der Waals surface area (Å²) >= 11 is 6.17. The zero-order chi connectivity index (χ0) is 24.9. The van der Waals surface area contributed by atoms with Crippen molar-refractivity contribution in [3.63, 3.8) is 0 Å². The number of hydrogen-bond donors (Lipinski definition) is 3. The molecule has 1 atom stereocenters. The fourth-order valence-corrected chi connectivity index (χ4v) is 4.29. The molecule has 15 heteroatoms. The number of thiocarbonyl (C=S) groups is 1. The lowest BCUT2D eigenvalue weighted by atomic mass is 10.2. The van der Waals surface area contributed by atoms with Crippen LogP contribution < -0.4 is 25.9 Å². The van der Waals surface area contributed by atoms with E-state index in [9.17, 15) is 9.59 Å². The standard InChI is InChI=1S/C20H23F2N7O4S2/c1-32-19(34)24-10-13-11-28(20(31)33-13)12-8-14(21)16(15(22)9-12)27-4-2-25-29(6-5-27)18(30)26-17-23-3-7-35-17/h3,7-9,13,25H,2,4-6,10-11H2,1H3,(H,24,34)(H,23,26,30)/t13-/m0/s1. The molecule has 3 heterocycles. The number of urea groups is 1. The van der Waals surface area contributed by atoms with Crippen molar-refractivity contribution in [2.75, 3.05) is 61.5 Å². The summed E-state index contributed by atoms with van der Waals surface area (Å²) in [5.41, 5.74) is 2.76. The maximum atomic E-state index is 15.1. The van der Waals surface area contributed by atoms with Gasteiger partial charge in [0.05, 0.1) is 32.4 Å². The first-order chi connectivity index (χ1) is 16.9. The second kappa shape index (κ2) is 11.0. The van der Waals surface area contributed by atoms with Crippen LogP contribution in [-0.2, 0) is 9.47 Å².